The number of hydrogen-bond acceptors (Lipinski definition) is 4. The summed E-state index contributed by atoms with van der Waals surface area (Å²) in [5.41, 5.74) is 5.54. The van der Waals surface area contributed by atoms with Crippen molar-refractivity contribution in [3.8, 4) is 0 Å². The van der Waals surface area contributed by atoms with E-state index in [1.165, 1.54) is 54.5 Å². The summed E-state index contributed by atoms with van der Waals surface area (Å²) in [6.45, 7) is 4.91. The Labute approximate surface area is 221 Å². The van der Waals surface area contributed by atoms with Crippen LogP contribution >= 0.6 is 0 Å². The topological polar surface area (TPSA) is 70.4 Å². The first-order valence-corrected chi connectivity index (χ1v) is 13.2. The van der Waals surface area contributed by atoms with Gasteiger partial charge in [0, 0.05) is 38.8 Å². The number of nitrogens with zero attached hydrogens (tertiary/aromatic N) is 3. The van der Waals surface area contributed by atoms with Gasteiger partial charge in [-0.2, -0.15) is 18.3 Å². The fourth-order valence-electron chi connectivity index (χ4n) is 5.13. The lowest BCUT2D eigenvalue weighted by atomic mass is 9.84. The second kappa shape index (κ2) is 13.0. The predicted molar refractivity (Wildman–Crippen MR) is 141 cm³/mol. The molecule has 0 radical (unpaired) electrons. The number of fused-ring (bicyclic) bond motifs is 1. The number of anilines is 1. The second-order valence-electron chi connectivity index (χ2n) is 10.0. The molecular formula is C29H35F3N4O2. The van der Waals surface area contributed by atoms with E-state index in [2.05, 4.69) is 75.6 Å². The SMILES string of the molecule is O=C(O)C(F)(F)F.c1ccc(CN2CCCn3nc(NCc4ccc(C5CCCCC5)cc4)cc3C2)cc1. The standard InChI is InChI=1S/C27H34N4.C2HF3O2/c1-3-8-23(9-4-1)20-30-16-7-17-31-26(21-30)18-27(29-31)28-19-22-12-14-25(15-13-22)24-10-5-2-6-11-24;3-2(4,5)1(6)7/h1,3-4,8-9,12-15,18,24H,2,5-7,10-11,16-17,19-21H2,(H,28,29);(H,6,7). The summed E-state index contributed by atoms with van der Waals surface area (Å²) >= 11 is 0. The fourth-order valence-corrected chi connectivity index (χ4v) is 5.13. The number of carbonyl (C=O) groups is 1. The quantitative estimate of drug-likeness (QED) is 0.378. The molecule has 9 heteroatoms. The average Bonchev–Trinajstić information content (AvgIpc) is 3.20. The van der Waals surface area contributed by atoms with Crippen LogP contribution in [-0.4, -0.2) is 38.5 Å². The molecule has 6 nitrogen and oxygen atoms in total. The largest absolute Gasteiger partial charge is 0.490 e. The summed E-state index contributed by atoms with van der Waals surface area (Å²) in [4.78, 5) is 11.4. The van der Waals surface area contributed by atoms with Crippen LogP contribution in [0.25, 0.3) is 0 Å². The molecule has 0 unspecified atom stereocenters. The minimum atomic E-state index is -5.08. The molecule has 38 heavy (non-hydrogen) atoms. The molecule has 1 fully saturated rings. The van der Waals surface area contributed by atoms with E-state index in [1.54, 1.807) is 0 Å². The van der Waals surface area contributed by atoms with Crippen molar-refractivity contribution in [1.82, 2.24) is 14.7 Å². The lowest BCUT2D eigenvalue weighted by Crippen LogP contribution is -2.22. The molecule has 1 aliphatic carbocycles. The molecule has 1 aliphatic heterocycles. The molecule has 5 rings (SSSR count). The van der Waals surface area contributed by atoms with Gasteiger partial charge in [0.15, 0.2) is 0 Å². The minimum Gasteiger partial charge on any atom is -0.475 e. The van der Waals surface area contributed by atoms with Crippen molar-refractivity contribution in [2.24, 2.45) is 0 Å². The van der Waals surface area contributed by atoms with Gasteiger partial charge in [-0.25, -0.2) is 4.79 Å². The summed E-state index contributed by atoms with van der Waals surface area (Å²) in [7, 11) is 0. The molecule has 1 saturated carbocycles. The van der Waals surface area contributed by atoms with Crippen LogP contribution in [0.15, 0.2) is 60.7 Å². The number of aromatic nitrogens is 2. The van der Waals surface area contributed by atoms with Gasteiger partial charge in [-0.1, -0.05) is 73.9 Å². The van der Waals surface area contributed by atoms with Crippen LogP contribution in [0, 0.1) is 0 Å². The third-order valence-corrected chi connectivity index (χ3v) is 7.11. The predicted octanol–water partition coefficient (Wildman–Crippen LogP) is 6.58. The zero-order valence-electron chi connectivity index (χ0n) is 21.5. The number of carboxylic acids is 1. The second-order valence-corrected chi connectivity index (χ2v) is 10.0. The number of halogens is 3. The van der Waals surface area contributed by atoms with Crippen molar-refractivity contribution in [3.63, 3.8) is 0 Å². The Hall–Kier alpha value is -3.33. The van der Waals surface area contributed by atoms with Crippen molar-refractivity contribution < 1.29 is 23.1 Å². The number of hydrogen-bond donors (Lipinski definition) is 2. The van der Waals surface area contributed by atoms with Gasteiger partial charge in [0.1, 0.15) is 5.82 Å². The van der Waals surface area contributed by atoms with Crippen molar-refractivity contribution in [2.45, 2.75) is 76.8 Å². The summed E-state index contributed by atoms with van der Waals surface area (Å²) in [6, 6.07) is 22.3. The maximum Gasteiger partial charge on any atom is 0.490 e. The van der Waals surface area contributed by atoms with Crippen LogP contribution in [0.3, 0.4) is 0 Å². The van der Waals surface area contributed by atoms with E-state index in [0.29, 0.717) is 0 Å². The van der Waals surface area contributed by atoms with E-state index in [-0.39, 0.29) is 0 Å². The number of nitrogens with one attached hydrogen (secondary N) is 1. The van der Waals surface area contributed by atoms with Crippen LogP contribution in [0.5, 0.6) is 0 Å². The van der Waals surface area contributed by atoms with Crippen molar-refractivity contribution in [1.29, 1.82) is 0 Å². The van der Waals surface area contributed by atoms with Gasteiger partial charge in [0.25, 0.3) is 0 Å². The smallest absolute Gasteiger partial charge is 0.475 e. The first-order chi connectivity index (χ1) is 18.3. The molecule has 0 atom stereocenters. The zero-order chi connectivity index (χ0) is 27.0. The average molecular weight is 529 g/mol. The Morgan fingerprint density at radius 2 is 1.63 bits per heavy atom. The molecule has 0 amide bonds. The first kappa shape index (κ1) is 27.7. The number of aliphatic carboxylic acids is 1. The van der Waals surface area contributed by atoms with E-state index in [4.69, 9.17) is 15.0 Å². The van der Waals surface area contributed by atoms with E-state index < -0.39 is 12.1 Å². The molecule has 1 aromatic heterocycles. The molecule has 204 valence electrons. The fraction of sp³-hybridized carbons (Fsp3) is 0.448. The van der Waals surface area contributed by atoms with Gasteiger partial charge in [-0.15, -0.1) is 0 Å². The highest BCUT2D eigenvalue weighted by molar-refractivity contribution is 5.73. The van der Waals surface area contributed by atoms with E-state index in [0.717, 1.165) is 50.9 Å². The highest BCUT2D eigenvalue weighted by Crippen LogP contribution is 2.32. The summed E-state index contributed by atoms with van der Waals surface area (Å²) in [6.07, 6.45) is 2.97. The Bertz CT molecular complexity index is 1160. The van der Waals surface area contributed by atoms with Crippen LogP contribution < -0.4 is 5.32 Å². The lowest BCUT2D eigenvalue weighted by Gasteiger charge is -2.22. The van der Waals surface area contributed by atoms with Crippen molar-refractivity contribution in [3.05, 3.63) is 83.0 Å². The maximum absolute atomic E-state index is 10.6. The highest BCUT2D eigenvalue weighted by atomic mass is 19.4. The Morgan fingerprint density at radius 3 is 2.29 bits per heavy atom. The summed E-state index contributed by atoms with van der Waals surface area (Å²) < 4.78 is 33.9. The molecule has 2 N–H and O–H groups in total. The minimum absolute atomic E-state index is 0.776. The number of carboxylic acid groups (broad SMARTS) is 1. The van der Waals surface area contributed by atoms with Crippen LogP contribution in [0.2, 0.25) is 0 Å². The number of alkyl halides is 3. The number of benzene rings is 2. The van der Waals surface area contributed by atoms with E-state index in [9.17, 15) is 13.2 Å². The highest BCUT2D eigenvalue weighted by Gasteiger charge is 2.38. The van der Waals surface area contributed by atoms with Crippen molar-refractivity contribution in [2.75, 3.05) is 11.9 Å². The van der Waals surface area contributed by atoms with Crippen LogP contribution in [-0.2, 0) is 31.0 Å². The molecule has 2 heterocycles. The summed E-state index contributed by atoms with van der Waals surface area (Å²) in [5.74, 6) is -0.987. The van der Waals surface area contributed by atoms with Crippen molar-refractivity contribution >= 4 is 11.8 Å². The Balaban J connectivity index is 0.000000426. The zero-order valence-corrected chi connectivity index (χ0v) is 21.5. The van der Waals surface area contributed by atoms with Gasteiger partial charge < -0.3 is 10.4 Å². The maximum atomic E-state index is 10.6. The van der Waals surface area contributed by atoms with Gasteiger partial charge in [-0.05, 0) is 41.9 Å². The monoisotopic (exact) mass is 528 g/mol. The molecule has 0 spiro atoms. The molecule has 0 saturated heterocycles. The van der Waals surface area contributed by atoms with Gasteiger partial charge in [0.2, 0.25) is 0 Å². The summed E-state index contributed by atoms with van der Waals surface area (Å²) in [5, 5.41) is 15.5. The van der Waals surface area contributed by atoms with E-state index in [1.807, 2.05) is 0 Å². The number of aryl methyl sites for hydroxylation is 1. The third kappa shape index (κ3) is 8.08. The van der Waals surface area contributed by atoms with Crippen LogP contribution in [0.1, 0.15) is 66.8 Å². The normalized spacial score (nSPS) is 16.6. The van der Waals surface area contributed by atoms with Crippen LogP contribution in [0.4, 0.5) is 19.0 Å². The van der Waals surface area contributed by atoms with Gasteiger partial charge in [-0.3, -0.25) is 9.58 Å². The first-order valence-electron chi connectivity index (χ1n) is 13.2. The molecular weight excluding hydrogens is 493 g/mol. The molecule has 2 aromatic carbocycles. The molecule has 2 aliphatic rings. The van der Waals surface area contributed by atoms with Gasteiger partial charge in [0.05, 0.1) is 5.69 Å². The lowest BCUT2D eigenvalue weighted by molar-refractivity contribution is -0.192. The molecule has 3 aromatic rings. The Kier molecular flexibility index (Phi) is 9.44. The molecule has 0 bridgehead atoms. The van der Waals surface area contributed by atoms with Gasteiger partial charge >= 0.3 is 12.1 Å². The third-order valence-electron chi connectivity index (χ3n) is 7.11. The Morgan fingerprint density at radius 1 is 0.947 bits per heavy atom. The van der Waals surface area contributed by atoms with E-state index >= 15 is 0 Å². The number of rotatable bonds is 6.